The third-order valence-electron chi connectivity index (χ3n) is 3.71. The van der Waals surface area contributed by atoms with Crippen LogP contribution in [0, 0.1) is 12.3 Å². The van der Waals surface area contributed by atoms with Crippen LogP contribution in [0.4, 0.5) is 4.79 Å². The van der Waals surface area contributed by atoms with Crippen LogP contribution in [0.15, 0.2) is 24.3 Å². The molecule has 24 heavy (non-hydrogen) atoms. The highest BCUT2D eigenvalue weighted by molar-refractivity contribution is 5.94. The van der Waals surface area contributed by atoms with Gasteiger partial charge in [0.1, 0.15) is 0 Å². The highest BCUT2D eigenvalue weighted by Crippen LogP contribution is 2.15. The Labute approximate surface area is 142 Å². The fraction of sp³-hybridized carbons (Fsp3) is 0.444. The van der Waals surface area contributed by atoms with E-state index in [1.54, 1.807) is 12.1 Å². The molecule has 1 aliphatic rings. The summed E-state index contributed by atoms with van der Waals surface area (Å²) in [6.07, 6.45) is 5.16. The van der Waals surface area contributed by atoms with E-state index >= 15 is 0 Å². The second kappa shape index (κ2) is 8.37. The second-order valence-corrected chi connectivity index (χ2v) is 5.90. The van der Waals surface area contributed by atoms with Gasteiger partial charge in [0.25, 0.3) is 5.91 Å². The molecular weight excluding hydrogens is 306 g/mol. The van der Waals surface area contributed by atoms with E-state index in [1.807, 2.05) is 30.9 Å². The molecule has 1 aromatic rings. The van der Waals surface area contributed by atoms with Crippen LogP contribution < -0.4 is 10.6 Å². The number of amides is 3. The summed E-state index contributed by atoms with van der Waals surface area (Å²) in [5.74, 6) is 2.33. The summed E-state index contributed by atoms with van der Waals surface area (Å²) in [7, 11) is 0. The quantitative estimate of drug-likeness (QED) is 0.820. The number of terminal acetylenes is 1. The normalized spacial score (nSPS) is 20.1. The van der Waals surface area contributed by atoms with E-state index in [-0.39, 0.29) is 30.7 Å². The lowest BCUT2D eigenvalue weighted by atomic mass is 10.1. The molecule has 2 unspecified atom stereocenters. The standard InChI is InChI=1S/C18H23N3O3/c1-4-9-19-18(23)20-10-15-5-7-16(8-6-15)17(22)21-11-13(2)24-14(3)12-21/h1,5-8,13-14H,9-12H2,2-3H3,(H2,19,20,23). The zero-order valence-electron chi connectivity index (χ0n) is 14.0. The first kappa shape index (κ1) is 17.8. The first-order chi connectivity index (χ1) is 11.5. The molecule has 128 valence electrons. The van der Waals surface area contributed by atoms with Crippen molar-refractivity contribution in [3.8, 4) is 12.3 Å². The van der Waals surface area contributed by atoms with Crippen LogP contribution in [-0.2, 0) is 11.3 Å². The van der Waals surface area contributed by atoms with Crippen molar-refractivity contribution in [1.82, 2.24) is 15.5 Å². The van der Waals surface area contributed by atoms with Crippen LogP contribution in [0.25, 0.3) is 0 Å². The minimum absolute atomic E-state index is 0.00303. The van der Waals surface area contributed by atoms with Crippen molar-refractivity contribution in [2.24, 2.45) is 0 Å². The molecule has 0 spiro atoms. The van der Waals surface area contributed by atoms with Crippen molar-refractivity contribution < 1.29 is 14.3 Å². The van der Waals surface area contributed by atoms with E-state index < -0.39 is 0 Å². The van der Waals surface area contributed by atoms with E-state index in [2.05, 4.69) is 16.6 Å². The summed E-state index contributed by atoms with van der Waals surface area (Å²) in [6, 6.07) is 6.92. The molecule has 0 aromatic heterocycles. The average molecular weight is 329 g/mol. The lowest BCUT2D eigenvalue weighted by molar-refractivity contribution is -0.0586. The predicted octanol–water partition coefficient (Wildman–Crippen LogP) is 1.37. The number of carbonyl (C=O) groups is 2. The lowest BCUT2D eigenvalue weighted by Gasteiger charge is -2.35. The molecule has 3 amide bonds. The van der Waals surface area contributed by atoms with Gasteiger partial charge >= 0.3 is 6.03 Å². The smallest absolute Gasteiger partial charge is 0.315 e. The number of carbonyl (C=O) groups excluding carboxylic acids is 2. The Morgan fingerprint density at radius 2 is 1.83 bits per heavy atom. The maximum absolute atomic E-state index is 12.6. The van der Waals surface area contributed by atoms with Crippen LogP contribution in [0.3, 0.4) is 0 Å². The third kappa shape index (κ3) is 5.00. The first-order valence-electron chi connectivity index (χ1n) is 7.98. The number of ether oxygens (including phenoxy) is 1. The Morgan fingerprint density at radius 1 is 1.21 bits per heavy atom. The van der Waals surface area contributed by atoms with Crippen LogP contribution in [0.1, 0.15) is 29.8 Å². The summed E-state index contributed by atoms with van der Waals surface area (Å²) in [6.45, 7) is 5.70. The monoisotopic (exact) mass is 329 g/mol. The van der Waals surface area contributed by atoms with Crippen molar-refractivity contribution >= 4 is 11.9 Å². The molecule has 1 heterocycles. The molecule has 6 nitrogen and oxygen atoms in total. The van der Waals surface area contributed by atoms with Gasteiger partial charge in [0, 0.05) is 25.2 Å². The number of nitrogens with one attached hydrogen (secondary N) is 2. The number of morpholine rings is 1. The molecule has 1 fully saturated rings. The van der Waals surface area contributed by atoms with Gasteiger partial charge in [-0.15, -0.1) is 6.42 Å². The maximum atomic E-state index is 12.6. The molecule has 0 radical (unpaired) electrons. The second-order valence-electron chi connectivity index (χ2n) is 5.90. The highest BCUT2D eigenvalue weighted by Gasteiger charge is 2.26. The molecule has 1 aliphatic heterocycles. The number of hydrogen-bond donors (Lipinski definition) is 2. The van der Waals surface area contributed by atoms with E-state index in [1.165, 1.54) is 0 Å². The van der Waals surface area contributed by atoms with E-state index in [9.17, 15) is 9.59 Å². The van der Waals surface area contributed by atoms with Crippen molar-refractivity contribution in [3.05, 3.63) is 35.4 Å². The summed E-state index contributed by atoms with van der Waals surface area (Å²) >= 11 is 0. The SMILES string of the molecule is C#CCNC(=O)NCc1ccc(C(=O)N2CC(C)OC(C)C2)cc1. The van der Waals surface area contributed by atoms with Gasteiger partial charge in [-0.2, -0.15) is 0 Å². The maximum Gasteiger partial charge on any atom is 0.315 e. The van der Waals surface area contributed by atoms with Gasteiger partial charge < -0.3 is 20.3 Å². The molecule has 2 rings (SSSR count). The van der Waals surface area contributed by atoms with Gasteiger partial charge in [0.05, 0.1) is 18.8 Å². The number of benzene rings is 1. The van der Waals surface area contributed by atoms with Crippen LogP contribution in [0.2, 0.25) is 0 Å². The fourth-order valence-corrected chi connectivity index (χ4v) is 2.67. The molecule has 2 N–H and O–H groups in total. The first-order valence-corrected chi connectivity index (χ1v) is 7.98. The Morgan fingerprint density at radius 3 is 2.42 bits per heavy atom. The molecule has 0 aliphatic carbocycles. The lowest BCUT2D eigenvalue weighted by Crippen LogP contribution is -2.48. The van der Waals surface area contributed by atoms with Crippen LogP contribution in [0.5, 0.6) is 0 Å². The summed E-state index contributed by atoms with van der Waals surface area (Å²) in [4.78, 5) is 25.8. The zero-order valence-corrected chi connectivity index (χ0v) is 14.0. The van der Waals surface area contributed by atoms with Crippen LogP contribution in [-0.4, -0.2) is 48.7 Å². The third-order valence-corrected chi connectivity index (χ3v) is 3.71. The van der Waals surface area contributed by atoms with Gasteiger partial charge in [0.2, 0.25) is 0 Å². The highest BCUT2D eigenvalue weighted by atomic mass is 16.5. The van der Waals surface area contributed by atoms with Gasteiger partial charge in [-0.05, 0) is 31.5 Å². The summed E-state index contributed by atoms with van der Waals surface area (Å²) in [5.41, 5.74) is 1.54. The summed E-state index contributed by atoms with van der Waals surface area (Å²) in [5, 5.41) is 5.22. The Hall–Kier alpha value is -2.52. The molecule has 2 atom stereocenters. The molecule has 1 aromatic carbocycles. The molecule has 0 saturated carbocycles. The molecule has 1 saturated heterocycles. The number of hydrogen-bond acceptors (Lipinski definition) is 3. The Balaban J connectivity index is 1.90. The van der Waals surface area contributed by atoms with Crippen LogP contribution >= 0.6 is 0 Å². The van der Waals surface area contributed by atoms with Crippen molar-refractivity contribution in [2.45, 2.75) is 32.6 Å². The number of nitrogens with zero attached hydrogens (tertiary/aromatic N) is 1. The van der Waals surface area contributed by atoms with E-state index in [4.69, 9.17) is 11.2 Å². The number of urea groups is 1. The minimum atomic E-state index is -0.315. The Kier molecular flexibility index (Phi) is 6.21. The van der Waals surface area contributed by atoms with E-state index in [0.29, 0.717) is 25.2 Å². The predicted molar refractivity (Wildman–Crippen MR) is 91.4 cm³/mol. The Bertz CT molecular complexity index is 611. The van der Waals surface area contributed by atoms with Crippen molar-refractivity contribution in [2.75, 3.05) is 19.6 Å². The number of rotatable bonds is 4. The zero-order chi connectivity index (χ0) is 17.5. The minimum Gasteiger partial charge on any atom is -0.372 e. The molecule has 0 bridgehead atoms. The van der Waals surface area contributed by atoms with Crippen molar-refractivity contribution in [3.63, 3.8) is 0 Å². The largest absolute Gasteiger partial charge is 0.372 e. The van der Waals surface area contributed by atoms with Crippen molar-refractivity contribution in [1.29, 1.82) is 0 Å². The van der Waals surface area contributed by atoms with Gasteiger partial charge in [-0.3, -0.25) is 4.79 Å². The average Bonchev–Trinajstić information content (AvgIpc) is 2.57. The van der Waals surface area contributed by atoms with Gasteiger partial charge in [-0.25, -0.2) is 4.79 Å². The topological polar surface area (TPSA) is 70.7 Å². The van der Waals surface area contributed by atoms with Gasteiger partial charge in [0.15, 0.2) is 0 Å². The van der Waals surface area contributed by atoms with Gasteiger partial charge in [-0.1, -0.05) is 18.1 Å². The fourth-order valence-electron chi connectivity index (χ4n) is 2.67. The molecular formula is C18H23N3O3. The molecule has 6 heteroatoms. The van der Waals surface area contributed by atoms with E-state index in [0.717, 1.165) is 5.56 Å². The summed E-state index contributed by atoms with van der Waals surface area (Å²) < 4.78 is 5.65.